The minimum Gasteiger partial charge on any atom is -0.483 e. The number of hydrogen-bond acceptors (Lipinski definition) is 8. The summed E-state index contributed by atoms with van der Waals surface area (Å²) in [6, 6.07) is 19.3. The first-order valence-electron chi connectivity index (χ1n) is 14.3. The van der Waals surface area contributed by atoms with E-state index in [1.807, 2.05) is 76.2 Å². The number of thiazole rings is 1. The lowest BCUT2D eigenvalue weighted by molar-refractivity contribution is -0.124. The first-order chi connectivity index (χ1) is 20.5. The van der Waals surface area contributed by atoms with E-state index in [9.17, 15) is 18.3 Å². The maximum Gasteiger partial charge on any atom is 0.258 e. The van der Waals surface area contributed by atoms with Crippen molar-refractivity contribution in [3.63, 3.8) is 0 Å². The minimum atomic E-state index is -3.98. The van der Waals surface area contributed by atoms with E-state index < -0.39 is 28.1 Å². The number of aromatic nitrogens is 1. The molecule has 3 N–H and O–H groups in total. The van der Waals surface area contributed by atoms with E-state index in [1.54, 1.807) is 25.2 Å². The zero-order chi connectivity index (χ0) is 31.1. The average molecular weight is 625 g/mol. The first kappa shape index (κ1) is 32.4. The van der Waals surface area contributed by atoms with Crippen LogP contribution in [0.4, 0.5) is 5.13 Å². The highest BCUT2D eigenvalue weighted by Crippen LogP contribution is 2.29. The van der Waals surface area contributed by atoms with Gasteiger partial charge < -0.3 is 20.5 Å². The number of para-hydroxylation sites is 1. The molecule has 0 fully saturated rings. The molecule has 1 aromatic heterocycles. The van der Waals surface area contributed by atoms with Crippen LogP contribution in [0.15, 0.2) is 71.6 Å². The van der Waals surface area contributed by atoms with Crippen molar-refractivity contribution in [2.75, 3.05) is 32.1 Å². The number of benzene rings is 3. The summed E-state index contributed by atoms with van der Waals surface area (Å²) < 4.78 is 35.7. The summed E-state index contributed by atoms with van der Waals surface area (Å²) in [6.45, 7) is 7.45. The number of carbonyl (C=O) groups is 1. The number of sulfonamides is 1. The molecule has 4 rings (SSSR count). The molecule has 0 bridgehead atoms. The maximum atomic E-state index is 13.9. The first-order valence-corrected chi connectivity index (χ1v) is 16.5. The van der Waals surface area contributed by atoms with Gasteiger partial charge in [-0.3, -0.25) is 4.79 Å². The van der Waals surface area contributed by atoms with Crippen LogP contribution in [0.1, 0.15) is 30.5 Å². The van der Waals surface area contributed by atoms with E-state index >= 15 is 0 Å². The molecule has 0 radical (unpaired) electrons. The number of aliphatic hydroxyl groups excluding tert-OH is 1. The summed E-state index contributed by atoms with van der Waals surface area (Å²) in [5, 5.41) is 18.1. The van der Waals surface area contributed by atoms with E-state index in [-0.39, 0.29) is 30.5 Å². The van der Waals surface area contributed by atoms with Crippen LogP contribution in [0.5, 0.6) is 5.75 Å². The van der Waals surface area contributed by atoms with Crippen molar-refractivity contribution in [3.05, 3.63) is 83.4 Å². The minimum absolute atomic E-state index is 0.00193. The summed E-state index contributed by atoms with van der Waals surface area (Å²) in [6.07, 6.45) is -0.882. The van der Waals surface area contributed by atoms with Gasteiger partial charge in [0.2, 0.25) is 10.0 Å². The largest absolute Gasteiger partial charge is 0.483 e. The molecule has 43 heavy (non-hydrogen) atoms. The third-order valence-corrected chi connectivity index (χ3v) is 9.90. The van der Waals surface area contributed by atoms with E-state index in [1.165, 1.54) is 15.6 Å². The van der Waals surface area contributed by atoms with Crippen LogP contribution in [-0.4, -0.2) is 67.6 Å². The number of rotatable bonds is 14. The number of nitrogens with one attached hydrogen (secondary N) is 2. The van der Waals surface area contributed by atoms with Crippen molar-refractivity contribution >= 4 is 42.6 Å². The number of anilines is 1. The Hall–Kier alpha value is -3.51. The highest BCUT2D eigenvalue weighted by molar-refractivity contribution is 7.89. The van der Waals surface area contributed by atoms with Crippen LogP contribution >= 0.6 is 11.3 Å². The second-order valence-corrected chi connectivity index (χ2v) is 14.0. The Kier molecular flexibility index (Phi) is 10.8. The molecule has 1 amide bonds. The lowest BCUT2D eigenvalue weighted by atomic mass is 10.0. The number of ether oxygens (including phenoxy) is 1. The van der Waals surface area contributed by atoms with Gasteiger partial charge in [0.15, 0.2) is 11.7 Å². The van der Waals surface area contributed by atoms with Gasteiger partial charge in [-0.05, 0) is 61.1 Å². The molecule has 4 aromatic rings. The average Bonchev–Trinajstić information content (AvgIpc) is 3.39. The smallest absolute Gasteiger partial charge is 0.258 e. The Morgan fingerprint density at radius 2 is 1.72 bits per heavy atom. The second kappa shape index (κ2) is 14.3. The van der Waals surface area contributed by atoms with Crippen molar-refractivity contribution in [2.45, 2.75) is 51.2 Å². The molecule has 230 valence electrons. The van der Waals surface area contributed by atoms with Crippen molar-refractivity contribution < 1.29 is 23.1 Å². The SMILES string of the molecule is CNc1nc2ccc(S(=O)(=O)N(CC(C)C)CC(O)C(Cc3ccccc3)NC(=O)COc3c(C)cccc3C)cc2s1. The zero-order valence-corrected chi connectivity index (χ0v) is 26.8. The van der Waals surface area contributed by atoms with E-state index in [2.05, 4.69) is 15.6 Å². The fourth-order valence-corrected chi connectivity index (χ4v) is 7.48. The van der Waals surface area contributed by atoms with Gasteiger partial charge in [-0.25, -0.2) is 13.4 Å². The molecule has 0 aliphatic carbocycles. The van der Waals surface area contributed by atoms with Gasteiger partial charge in [0.25, 0.3) is 5.91 Å². The summed E-state index contributed by atoms with van der Waals surface area (Å²) in [5.74, 6) is 0.238. The monoisotopic (exact) mass is 624 g/mol. The normalized spacial score (nSPS) is 13.3. The van der Waals surface area contributed by atoms with Crippen LogP contribution in [-0.2, 0) is 21.2 Å². The third-order valence-electron chi connectivity index (χ3n) is 7.04. The van der Waals surface area contributed by atoms with Gasteiger partial charge >= 0.3 is 0 Å². The van der Waals surface area contributed by atoms with Gasteiger partial charge in [0, 0.05) is 20.1 Å². The molecule has 0 aliphatic heterocycles. The zero-order valence-electron chi connectivity index (χ0n) is 25.2. The molecular weight excluding hydrogens is 585 g/mol. The van der Waals surface area contributed by atoms with Crippen LogP contribution in [0, 0.1) is 19.8 Å². The number of nitrogens with zero attached hydrogens (tertiary/aromatic N) is 2. The van der Waals surface area contributed by atoms with Gasteiger partial charge in [-0.1, -0.05) is 73.7 Å². The number of aryl methyl sites for hydroxylation is 2. The Bertz CT molecular complexity index is 1620. The fraction of sp³-hybridized carbons (Fsp3) is 0.375. The van der Waals surface area contributed by atoms with Gasteiger partial charge in [-0.15, -0.1) is 0 Å². The van der Waals surface area contributed by atoms with Crippen molar-refractivity contribution in [1.82, 2.24) is 14.6 Å². The van der Waals surface area contributed by atoms with Gasteiger partial charge in [-0.2, -0.15) is 4.31 Å². The van der Waals surface area contributed by atoms with Crippen molar-refractivity contribution in [3.8, 4) is 5.75 Å². The van der Waals surface area contributed by atoms with Crippen molar-refractivity contribution in [2.24, 2.45) is 5.92 Å². The molecular formula is C32H40N4O5S2. The molecule has 11 heteroatoms. The van der Waals surface area contributed by atoms with E-state index in [0.29, 0.717) is 22.8 Å². The van der Waals surface area contributed by atoms with Crippen molar-refractivity contribution in [1.29, 1.82) is 0 Å². The number of fused-ring (bicyclic) bond motifs is 1. The molecule has 2 unspecified atom stereocenters. The predicted octanol–water partition coefficient (Wildman–Crippen LogP) is 4.77. The molecule has 0 saturated heterocycles. The number of aliphatic hydroxyl groups is 1. The van der Waals surface area contributed by atoms with Crippen LogP contribution in [0.2, 0.25) is 0 Å². The van der Waals surface area contributed by atoms with Crippen LogP contribution in [0.25, 0.3) is 10.2 Å². The third kappa shape index (κ3) is 8.32. The molecule has 0 saturated carbocycles. The molecule has 9 nitrogen and oxygen atoms in total. The van der Waals surface area contributed by atoms with Gasteiger partial charge in [0.05, 0.1) is 27.3 Å². The topological polar surface area (TPSA) is 121 Å². The van der Waals surface area contributed by atoms with E-state index in [0.717, 1.165) is 21.4 Å². The number of carbonyl (C=O) groups excluding carboxylic acids is 1. The molecule has 0 aliphatic rings. The Labute approximate surface area is 258 Å². The molecule has 1 heterocycles. The highest BCUT2D eigenvalue weighted by atomic mass is 32.2. The lowest BCUT2D eigenvalue weighted by Crippen LogP contribution is -2.52. The molecule has 3 aromatic carbocycles. The lowest BCUT2D eigenvalue weighted by Gasteiger charge is -2.30. The molecule has 2 atom stereocenters. The van der Waals surface area contributed by atoms with E-state index in [4.69, 9.17) is 4.74 Å². The summed E-state index contributed by atoms with van der Waals surface area (Å²) in [4.78, 5) is 17.7. The standard InChI is InChI=1S/C32H40N4O5S2/c1-21(2)18-36(43(39,40)25-14-15-26-29(17-25)42-32(33-5)35-26)19-28(37)27(16-24-12-7-6-8-13-24)34-30(38)20-41-31-22(3)10-9-11-23(31)4/h6-15,17,21,27-28,37H,16,18-20H2,1-5H3,(H,33,35)(H,34,38). The predicted molar refractivity (Wildman–Crippen MR) is 172 cm³/mol. The summed E-state index contributed by atoms with van der Waals surface area (Å²) in [7, 11) is -2.21. The Balaban J connectivity index is 1.56. The summed E-state index contributed by atoms with van der Waals surface area (Å²) in [5.41, 5.74) is 3.44. The Morgan fingerprint density at radius 3 is 2.37 bits per heavy atom. The second-order valence-electron chi connectivity index (χ2n) is 11.1. The highest BCUT2D eigenvalue weighted by Gasteiger charge is 2.32. The fourth-order valence-electron chi connectivity index (χ4n) is 4.90. The Morgan fingerprint density at radius 1 is 1.02 bits per heavy atom. The summed E-state index contributed by atoms with van der Waals surface area (Å²) >= 11 is 1.37. The number of hydrogen-bond donors (Lipinski definition) is 3. The van der Waals surface area contributed by atoms with Crippen LogP contribution < -0.4 is 15.4 Å². The quantitative estimate of drug-likeness (QED) is 0.185. The number of amides is 1. The van der Waals surface area contributed by atoms with Gasteiger partial charge in [0.1, 0.15) is 5.75 Å². The maximum absolute atomic E-state index is 13.9. The molecule has 0 spiro atoms. The van der Waals surface area contributed by atoms with Crippen LogP contribution in [0.3, 0.4) is 0 Å².